The SMILES string of the molecule is COc1cc(/C=N/NC(=O)c2ccccc2Br)cc(Cl)c1OCC(=O)O. The third-order valence-corrected chi connectivity index (χ3v) is 4.06. The standard InChI is InChI=1S/C17H14BrClN2O5/c1-25-14-7-10(6-13(19)16(14)26-9-15(22)23)8-20-21-17(24)11-4-2-3-5-12(11)18/h2-8H,9H2,1H3,(H,21,24)(H,22,23)/b20-8+. The van der Waals surface area contributed by atoms with Gasteiger partial charge in [0.1, 0.15) is 0 Å². The van der Waals surface area contributed by atoms with E-state index in [2.05, 4.69) is 26.5 Å². The van der Waals surface area contributed by atoms with Crippen molar-refractivity contribution in [3.63, 3.8) is 0 Å². The van der Waals surface area contributed by atoms with Crippen LogP contribution in [-0.2, 0) is 4.79 Å². The maximum atomic E-state index is 12.1. The van der Waals surface area contributed by atoms with Crippen molar-refractivity contribution in [1.29, 1.82) is 0 Å². The van der Waals surface area contributed by atoms with E-state index in [1.165, 1.54) is 19.4 Å². The summed E-state index contributed by atoms with van der Waals surface area (Å²) in [5.41, 5.74) is 3.38. The number of carbonyl (C=O) groups is 2. The summed E-state index contributed by atoms with van der Waals surface area (Å²) in [5.74, 6) is -1.15. The molecule has 2 rings (SSSR count). The number of carbonyl (C=O) groups excluding carboxylic acids is 1. The van der Waals surface area contributed by atoms with E-state index in [1.54, 1.807) is 30.3 Å². The molecule has 0 heterocycles. The fraction of sp³-hybridized carbons (Fsp3) is 0.118. The Morgan fingerprint density at radius 2 is 2.08 bits per heavy atom. The smallest absolute Gasteiger partial charge is 0.341 e. The fourth-order valence-electron chi connectivity index (χ4n) is 1.96. The number of carboxylic acid groups (broad SMARTS) is 1. The largest absolute Gasteiger partial charge is 0.493 e. The van der Waals surface area contributed by atoms with Crippen LogP contribution in [0.15, 0.2) is 46.0 Å². The molecule has 0 saturated carbocycles. The Kier molecular flexibility index (Phi) is 6.99. The monoisotopic (exact) mass is 440 g/mol. The molecule has 26 heavy (non-hydrogen) atoms. The molecule has 0 unspecified atom stereocenters. The van der Waals surface area contributed by atoms with Crippen LogP contribution < -0.4 is 14.9 Å². The van der Waals surface area contributed by atoms with Gasteiger partial charge in [0.2, 0.25) is 0 Å². The first-order valence-electron chi connectivity index (χ1n) is 7.22. The van der Waals surface area contributed by atoms with Crippen molar-refractivity contribution in [2.45, 2.75) is 0 Å². The molecule has 2 aromatic rings. The lowest BCUT2D eigenvalue weighted by molar-refractivity contribution is -0.139. The van der Waals surface area contributed by atoms with Gasteiger partial charge in [-0.2, -0.15) is 5.10 Å². The molecule has 0 atom stereocenters. The Labute approximate surface area is 162 Å². The van der Waals surface area contributed by atoms with E-state index in [4.69, 9.17) is 26.2 Å². The van der Waals surface area contributed by atoms with Gasteiger partial charge in [-0.3, -0.25) is 4.79 Å². The van der Waals surface area contributed by atoms with Crippen LogP contribution in [0, 0.1) is 0 Å². The zero-order valence-corrected chi connectivity index (χ0v) is 15.9. The molecule has 0 fully saturated rings. The molecular formula is C17H14BrClN2O5. The van der Waals surface area contributed by atoms with Gasteiger partial charge in [0.15, 0.2) is 18.1 Å². The second-order valence-electron chi connectivity index (χ2n) is 4.90. The molecular weight excluding hydrogens is 428 g/mol. The Bertz CT molecular complexity index is 857. The van der Waals surface area contributed by atoms with Gasteiger partial charge in [0, 0.05) is 4.47 Å². The number of rotatable bonds is 7. The Morgan fingerprint density at radius 1 is 1.35 bits per heavy atom. The number of ether oxygens (including phenoxy) is 2. The second kappa shape index (κ2) is 9.21. The van der Waals surface area contributed by atoms with E-state index < -0.39 is 12.6 Å². The number of hydrazone groups is 1. The zero-order valence-electron chi connectivity index (χ0n) is 13.5. The lowest BCUT2D eigenvalue weighted by atomic mass is 10.2. The maximum absolute atomic E-state index is 12.1. The van der Waals surface area contributed by atoms with Crippen LogP contribution in [0.25, 0.3) is 0 Å². The molecule has 2 aromatic carbocycles. The highest BCUT2D eigenvalue weighted by molar-refractivity contribution is 9.10. The van der Waals surface area contributed by atoms with Crippen LogP contribution in [0.4, 0.5) is 0 Å². The molecule has 0 saturated heterocycles. The first-order valence-corrected chi connectivity index (χ1v) is 8.39. The third kappa shape index (κ3) is 5.21. The van der Waals surface area contributed by atoms with Crippen LogP contribution in [-0.4, -0.2) is 36.9 Å². The van der Waals surface area contributed by atoms with Crippen LogP contribution in [0.3, 0.4) is 0 Å². The summed E-state index contributed by atoms with van der Waals surface area (Å²) in [7, 11) is 1.40. The number of benzene rings is 2. The lowest BCUT2D eigenvalue weighted by Gasteiger charge is -2.11. The van der Waals surface area contributed by atoms with Crippen molar-refractivity contribution in [2.24, 2.45) is 5.10 Å². The summed E-state index contributed by atoms with van der Waals surface area (Å²) in [4.78, 5) is 22.7. The van der Waals surface area contributed by atoms with Gasteiger partial charge in [-0.15, -0.1) is 0 Å². The molecule has 0 bridgehead atoms. The minimum atomic E-state index is -1.14. The topological polar surface area (TPSA) is 97.2 Å². The Morgan fingerprint density at radius 3 is 2.73 bits per heavy atom. The maximum Gasteiger partial charge on any atom is 0.341 e. The predicted octanol–water partition coefficient (Wildman–Crippen LogP) is 3.34. The fourth-order valence-corrected chi connectivity index (χ4v) is 2.70. The molecule has 9 heteroatoms. The minimum absolute atomic E-state index is 0.117. The van der Waals surface area contributed by atoms with E-state index >= 15 is 0 Å². The summed E-state index contributed by atoms with van der Waals surface area (Å²) in [6.07, 6.45) is 1.38. The molecule has 136 valence electrons. The molecule has 0 aromatic heterocycles. The average molecular weight is 442 g/mol. The number of carboxylic acids is 1. The first-order chi connectivity index (χ1) is 12.4. The average Bonchev–Trinajstić information content (AvgIpc) is 2.60. The van der Waals surface area contributed by atoms with Crippen LogP contribution in [0.5, 0.6) is 11.5 Å². The number of aliphatic carboxylic acids is 1. The van der Waals surface area contributed by atoms with E-state index in [1.807, 2.05) is 0 Å². The number of hydrogen-bond acceptors (Lipinski definition) is 5. The molecule has 1 amide bonds. The predicted molar refractivity (Wildman–Crippen MR) is 100 cm³/mol. The van der Waals surface area contributed by atoms with Crippen LogP contribution in [0.1, 0.15) is 15.9 Å². The summed E-state index contributed by atoms with van der Waals surface area (Å²) >= 11 is 9.39. The van der Waals surface area contributed by atoms with Crippen LogP contribution >= 0.6 is 27.5 Å². The molecule has 0 aliphatic heterocycles. The van der Waals surface area contributed by atoms with E-state index in [-0.39, 0.29) is 22.4 Å². The van der Waals surface area contributed by atoms with Gasteiger partial charge >= 0.3 is 5.97 Å². The van der Waals surface area contributed by atoms with Gasteiger partial charge < -0.3 is 14.6 Å². The Hall–Kier alpha value is -2.58. The van der Waals surface area contributed by atoms with Crippen molar-refractivity contribution in [1.82, 2.24) is 5.43 Å². The Balaban J connectivity index is 2.13. The van der Waals surface area contributed by atoms with Crippen LogP contribution in [0.2, 0.25) is 5.02 Å². The molecule has 0 aliphatic rings. The molecule has 7 nitrogen and oxygen atoms in total. The molecule has 0 spiro atoms. The minimum Gasteiger partial charge on any atom is -0.493 e. The number of methoxy groups -OCH3 is 1. The van der Waals surface area contributed by atoms with Gasteiger partial charge in [-0.1, -0.05) is 23.7 Å². The van der Waals surface area contributed by atoms with E-state index in [9.17, 15) is 9.59 Å². The number of nitrogens with one attached hydrogen (secondary N) is 1. The lowest BCUT2D eigenvalue weighted by Crippen LogP contribution is -2.18. The number of amides is 1. The summed E-state index contributed by atoms with van der Waals surface area (Å²) in [6, 6.07) is 10.0. The summed E-state index contributed by atoms with van der Waals surface area (Å²) < 4.78 is 10.9. The van der Waals surface area contributed by atoms with Gasteiger partial charge in [0.25, 0.3) is 5.91 Å². The molecule has 2 N–H and O–H groups in total. The quantitative estimate of drug-likeness (QED) is 0.507. The third-order valence-electron chi connectivity index (χ3n) is 3.09. The van der Waals surface area contributed by atoms with Crippen molar-refractivity contribution >= 4 is 45.6 Å². The highest BCUT2D eigenvalue weighted by atomic mass is 79.9. The van der Waals surface area contributed by atoms with Crippen molar-refractivity contribution in [3.05, 3.63) is 57.0 Å². The van der Waals surface area contributed by atoms with E-state index in [0.717, 1.165) is 0 Å². The highest BCUT2D eigenvalue weighted by Gasteiger charge is 2.13. The van der Waals surface area contributed by atoms with Crippen molar-refractivity contribution in [3.8, 4) is 11.5 Å². The second-order valence-corrected chi connectivity index (χ2v) is 6.16. The van der Waals surface area contributed by atoms with Crippen molar-refractivity contribution < 1.29 is 24.2 Å². The zero-order chi connectivity index (χ0) is 19.1. The van der Waals surface area contributed by atoms with Gasteiger partial charge in [-0.25, -0.2) is 10.2 Å². The highest BCUT2D eigenvalue weighted by Crippen LogP contribution is 2.36. The number of nitrogens with zero attached hydrogens (tertiary/aromatic N) is 1. The van der Waals surface area contributed by atoms with Gasteiger partial charge in [-0.05, 0) is 45.8 Å². The van der Waals surface area contributed by atoms with Gasteiger partial charge in [0.05, 0.1) is 23.9 Å². The summed E-state index contributed by atoms with van der Waals surface area (Å²) in [6.45, 7) is -0.550. The number of halogens is 2. The molecule has 0 radical (unpaired) electrons. The van der Waals surface area contributed by atoms with Crippen molar-refractivity contribution in [2.75, 3.05) is 13.7 Å². The summed E-state index contributed by atoms with van der Waals surface area (Å²) in [5, 5.41) is 12.7. The number of hydrogen-bond donors (Lipinski definition) is 2. The van der Waals surface area contributed by atoms with E-state index in [0.29, 0.717) is 15.6 Å². The first kappa shape index (κ1) is 19.7. The molecule has 0 aliphatic carbocycles. The normalized spacial score (nSPS) is 10.6.